The van der Waals surface area contributed by atoms with Crippen LogP contribution in [0.5, 0.6) is 11.5 Å². The van der Waals surface area contributed by atoms with Gasteiger partial charge in [0.1, 0.15) is 16.4 Å². The van der Waals surface area contributed by atoms with Crippen LogP contribution in [-0.2, 0) is 10.0 Å². The van der Waals surface area contributed by atoms with E-state index < -0.39 is 10.0 Å². The fraction of sp³-hybridized carbons (Fsp3) is 0.400. The van der Waals surface area contributed by atoms with E-state index in [2.05, 4.69) is 4.72 Å². The number of sulfonamides is 1. The summed E-state index contributed by atoms with van der Waals surface area (Å²) in [5, 5.41) is 0.612. The second-order valence-electron chi connectivity index (χ2n) is 8.61. The van der Waals surface area contributed by atoms with Gasteiger partial charge in [0.25, 0.3) is 15.9 Å². The Bertz CT molecular complexity index is 1350. The number of benzene rings is 2. The van der Waals surface area contributed by atoms with Crippen LogP contribution in [0.3, 0.4) is 0 Å². The molecular weight excluding hydrogens is 456 g/mol. The maximum absolute atomic E-state index is 13.7. The Morgan fingerprint density at radius 1 is 1.00 bits per heavy atom. The van der Waals surface area contributed by atoms with Gasteiger partial charge in [-0.1, -0.05) is 0 Å². The summed E-state index contributed by atoms with van der Waals surface area (Å²) >= 11 is 0. The number of amides is 1. The molecule has 1 N–H and O–H groups in total. The third-order valence-electron chi connectivity index (χ3n) is 6.45. The molecule has 1 saturated heterocycles. The standard InChI is InChI=1S/C25H30N2O6S/c1-15-13-19-17(3)22(25(28)27-11-7-6-8-12-27)33-23(19)24(16(15)2)34(29,30)26-20-14-18(31-4)9-10-21(20)32-5/h9-10,13-14,26H,6-8,11-12H2,1-5H3. The lowest BCUT2D eigenvalue weighted by atomic mass is 10.0. The second-order valence-corrected chi connectivity index (χ2v) is 10.2. The fourth-order valence-corrected chi connectivity index (χ4v) is 5.91. The first-order chi connectivity index (χ1) is 16.2. The van der Waals surface area contributed by atoms with Crippen LogP contribution >= 0.6 is 0 Å². The van der Waals surface area contributed by atoms with Crippen molar-refractivity contribution >= 4 is 32.6 Å². The number of piperidine rings is 1. The number of carbonyl (C=O) groups excluding carboxylic acids is 1. The first-order valence-corrected chi connectivity index (χ1v) is 12.7. The number of carbonyl (C=O) groups is 1. The van der Waals surface area contributed by atoms with E-state index in [1.165, 1.54) is 14.2 Å². The maximum atomic E-state index is 13.7. The zero-order valence-electron chi connectivity index (χ0n) is 20.1. The minimum absolute atomic E-state index is 0.00756. The van der Waals surface area contributed by atoms with Crippen LogP contribution in [0.25, 0.3) is 11.0 Å². The van der Waals surface area contributed by atoms with Crippen molar-refractivity contribution in [3.8, 4) is 11.5 Å². The second kappa shape index (κ2) is 9.21. The van der Waals surface area contributed by atoms with Gasteiger partial charge in [-0.3, -0.25) is 9.52 Å². The number of rotatable bonds is 6. The van der Waals surface area contributed by atoms with Crippen molar-refractivity contribution in [2.75, 3.05) is 32.0 Å². The van der Waals surface area contributed by atoms with Crippen molar-refractivity contribution < 1.29 is 27.1 Å². The lowest BCUT2D eigenvalue weighted by molar-refractivity contribution is 0.0693. The summed E-state index contributed by atoms with van der Waals surface area (Å²) < 4.78 is 46.6. The van der Waals surface area contributed by atoms with Crippen LogP contribution in [0.2, 0.25) is 0 Å². The van der Waals surface area contributed by atoms with Gasteiger partial charge >= 0.3 is 0 Å². The van der Waals surface area contributed by atoms with E-state index in [9.17, 15) is 13.2 Å². The molecule has 0 radical (unpaired) electrons. The van der Waals surface area contributed by atoms with E-state index >= 15 is 0 Å². The van der Waals surface area contributed by atoms with Gasteiger partial charge < -0.3 is 18.8 Å². The summed E-state index contributed by atoms with van der Waals surface area (Å²) in [6.45, 7) is 6.73. The van der Waals surface area contributed by atoms with Crippen molar-refractivity contribution in [3.63, 3.8) is 0 Å². The molecule has 2 aromatic carbocycles. The highest BCUT2D eigenvalue weighted by Crippen LogP contribution is 2.38. The smallest absolute Gasteiger partial charge is 0.289 e. The molecule has 182 valence electrons. The molecule has 9 heteroatoms. The monoisotopic (exact) mass is 486 g/mol. The third-order valence-corrected chi connectivity index (χ3v) is 7.97. The molecule has 3 aromatic rings. The Kier molecular flexibility index (Phi) is 6.49. The Balaban J connectivity index is 1.85. The molecule has 1 aromatic heterocycles. The number of aryl methyl sites for hydroxylation is 2. The van der Waals surface area contributed by atoms with Crippen LogP contribution in [0.1, 0.15) is 46.5 Å². The molecule has 0 unspecified atom stereocenters. The number of methoxy groups -OCH3 is 2. The predicted molar refractivity (Wildman–Crippen MR) is 131 cm³/mol. The quantitative estimate of drug-likeness (QED) is 0.537. The average molecular weight is 487 g/mol. The van der Waals surface area contributed by atoms with Gasteiger partial charge in [-0.25, -0.2) is 8.42 Å². The van der Waals surface area contributed by atoms with Crippen molar-refractivity contribution in [1.82, 2.24) is 4.90 Å². The van der Waals surface area contributed by atoms with Crippen LogP contribution in [0, 0.1) is 20.8 Å². The summed E-state index contributed by atoms with van der Waals surface area (Å²) in [4.78, 5) is 15.0. The van der Waals surface area contributed by atoms with Gasteiger partial charge in [0, 0.05) is 30.1 Å². The van der Waals surface area contributed by atoms with Crippen LogP contribution in [0.4, 0.5) is 5.69 Å². The zero-order chi connectivity index (χ0) is 24.6. The van der Waals surface area contributed by atoms with Crippen LogP contribution in [-0.4, -0.2) is 46.5 Å². The lowest BCUT2D eigenvalue weighted by Gasteiger charge is -2.25. The molecule has 34 heavy (non-hydrogen) atoms. The molecule has 1 amide bonds. The molecule has 2 heterocycles. The number of ether oxygens (including phenoxy) is 2. The van der Waals surface area contributed by atoms with Crippen molar-refractivity contribution in [2.24, 2.45) is 0 Å². The van der Waals surface area contributed by atoms with Crippen LogP contribution in [0.15, 0.2) is 33.6 Å². The Labute approximate surface area is 199 Å². The van der Waals surface area contributed by atoms with E-state index in [0.29, 0.717) is 41.1 Å². The normalized spacial score (nSPS) is 14.3. The average Bonchev–Trinajstić information content (AvgIpc) is 3.14. The van der Waals surface area contributed by atoms with Gasteiger partial charge in [-0.15, -0.1) is 0 Å². The van der Waals surface area contributed by atoms with E-state index in [-0.39, 0.29) is 27.8 Å². The Morgan fingerprint density at radius 2 is 1.71 bits per heavy atom. The van der Waals surface area contributed by atoms with Gasteiger partial charge in [0.15, 0.2) is 11.3 Å². The Morgan fingerprint density at radius 3 is 2.35 bits per heavy atom. The van der Waals surface area contributed by atoms with Crippen molar-refractivity contribution in [1.29, 1.82) is 0 Å². The highest BCUT2D eigenvalue weighted by atomic mass is 32.2. The molecule has 1 aliphatic heterocycles. The van der Waals surface area contributed by atoms with E-state index in [1.54, 1.807) is 36.9 Å². The number of hydrogen-bond donors (Lipinski definition) is 1. The minimum atomic E-state index is -4.11. The highest BCUT2D eigenvalue weighted by molar-refractivity contribution is 7.93. The number of likely N-dealkylation sites (tertiary alicyclic amines) is 1. The van der Waals surface area contributed by atoms with Gasteiger partial charge in [-0.2, -0.15) is 0 Å². The number of hydrogen-bond acceptors (Lipinski definition) is 6. The molecule has 0 spiro atoms. The predicted octanol–water partition coefficient (Wildman–Crippen LogP) is 4.80. The van der Waals surface area contributed by atoms with Gasteiger partial charge in [0.05, 0.1) is 19.9 Å². The van der Waals surface area contributed by atoms with E-state index in [0.717, 1.165) is 24.8 Å². The minimum Gasteiger partial charge on any atom is -0.497 e. The molecule has 1 aliphatic rings. The first-order valence-electron chi connectivity index (χ1n) is 11.3. The summed E-state index contributed by atoms with van der Waals surface area (Å²) in [6, 6.07) is 6.74. The molecule has 0 aliphatic carbocycles. The first kappa shape index (κ1) is 23.9. The molecular formula is C25H30N2O6S. The van der Waals surface area contributed by atoms with E-state index in [4.69, 9.17) is 13.9 Å². The number of nitrogens with one attached hydrogen (secondary N) is 1. The number of fused-ring (bicyclic) bond motifs is 1. The van der Waals surface area contributed by atoms with Gasteiger partial charge in [0.2, 0.25) is 0 Å². The third kappa shape index (κ3) is 4.20. The largest absolute Gasteiger partial charge is 0.497 e. The number of furan rings is 1. The van der Waals surface area contributed by atoms with Gasteiger partial charge in [-0.05, 0) is 69.4 Å². The van der Waals surface area contributed by atoms with Crippen molar-refractivity contribution in [2.45, 2.75) is 44.9 Å². The molecule has 0 saturated carbocycles. The summed E-state index contributed by atoms with van der Waals surface area (Å²) in [5.41, 5.74) is 2.39. The Hall–Kier alpha value is -3.20. The van der Waals surface area contributed by atoms with Crippen LogP contribution < -0.4 is 14.2 Å². The SMILES string of the molecule is COc1ccc(OC)c(NS(=O)(=O)c2c(C)c(C)cc3c(C)c(C(=O)N4CCCCC4)oc23)c1. The molecule has 0 atom stereocenters. The topological polar surface area (TPSA) is 98.1 Å². The zero-order valence-corrected chi connectivity index (χ0v) is 21.0. The highest BCUT2D eigenvalue weighted by Gasteiger charge is 2.30. The number of nitrogens with zero attached hydrogens (tertiary/aromatic N) is 1. The molecule has 8 nitrogen and oxygen atoms in total. The van der Waals surface area contributed by atoms with E-state index in [1.807, 2.05) is 13.0 Å². The lowest BCUT2D eigenvalue weighted by Crippen LogP contribution is -2.35. The summed E-state index contributed by atoms with van der Waals surface area (Å²) in [6.07, 6.45) is 3.01. The molecule has 4 rings (SSSR count). The van der Waals surface area contributed by atoms with Crippen molar-refractivity contribution in [3.05, 3.63) is 46.7 Å². The molecule has 1 fully saturated rings. The fourth-order valence-electron chi connectivity index (χ4n) is 4.40. The number of anilines is 1. The molecule has 0 bridgehead atoms. The maximum Gasteiger partial charge on any atom is 0.289 e. The summed E-state index contributed by atoms with van der Waals surface area (Å²) in [5.74, 6) is 0.821. The summed E-state index contributed by atoms with van der Waals surface area (Å²) in [7, 11) is -1.15.